The van der Waals surface area contributed by atoms with E-state index in [1.54, 1.807) is 4.72 Å². The maximum absolute atomic E-state index is 12.0. The molecular weight excluding hydrogens is 434 g/mol. The second-order valence-electron chi connectivity index (χ2n) is 7.43. The Hall–Kier alpha value is -2.43. The number of nitrogen functional groups attached to an aromatic ring is 1. The minimum absolute atomic E-state index is 0.136. The second-order valence-corrected chi connectivity index (χ2v) is 8.78. The van der Waals surface area contributed by atoms with Crippen LogP contribution in [0.2, 0.25) is 0 Å². The van der Waals surface area contributed by atoms with Gasteiger partial charge in [-0.1, -0.05) is 6.42 Å². The van der Waals surface area contributed by atoms with Gasteiger partial charge in [-0.15, -0.1) is 0 Å². The van der Waals surface area contributed by atoms with Crippen LogP contribution < -0.4 is 16.2 Å². The fourth-order valence-corrected chi connectivity index (χ4v) is 4.43. The summed E-state index contributed by atoms with van der Waals surface area (Å²) < 4.78 is 37.8. The van der Waals surface area contributed by atoms with Crippen molar-refractivity contribution < 1.29 is 32.3 Å². The SMILES string of the molecule is Nc1ncnc2c1nc1n2[C@@H]2O[C@H](COS(=O)(=O)NC(=O)[C@@H](N)CCCC1)[C@@H](O)[C@H]2O. The monoisotopic (exact) mass is 457 g/mol. The Kier molecular flexibility index (Phi) is 5.80. The topological polar surface area (TPSA) is 218 Å². The van der Waals surface area contributed by atoms with E-state index in [1.165, 1.54) is 10.9 Å². The van der Waals surface area contributed by atoms with Gasteiger partial charge in [-0.25, -0.2) is 19.7 Å². The molecule has 0 unspecified atom stereocenters. The van der Waals surface area contributed by atoms with E-state index in [0.717, 1.165) is 0 Å². The normalized spacial score (nSPS) is 32.1. The van der Waals surface area contributed by atoms with Crippen molar-refractivity contribution in [2.75, 3.05) is 12.3 Å². The van der Waals surface area contributed by atoms with Crippen molar-refractivity contribution in [3.8, 4) is 0 Å². The third-order valence-corrected chi connectivity index (χ3v) is 6.18. The van der Waals surface area contributed by atoms with Gasteiger partial charge in [0, 0.05) is 6.42 Å². The molecular formula is C16H23N7O7S. The molecule has 2 aliphatic rings. The van der Waals surface area contributed by atoms with E-state index in [2.05, 4.69) is 15.0 Å². The first-order valence-corrected chi connectivity index (χ1v) is 11.0. The number of rotatable bonds is 0. The van der Waals surface area contributed by atoms with Gasteiger partial charge in [-0.05, 0) is 12.8 Å². The Labute approximate surface area is 176 Å². The maximum Gasteiger partial charge on any atom is 0.362 e. The number of carbonyl (C=O) groups excluding carboxylic acids is 1. The zero-order chi connectivity index (χ0) is 22.3. The molecule has 2 aromatic rings. The Morgan fingerprint density at radius 3 is 2.77 bits per heavy atom. The van der Waals surface area contributed by atoms with Gasteiger partial charge in [0.2, 0.25) is 0 Å². The fourth-order valence-electron chi connectivity index (χ4n) is 3.66. The zero-order valence-corrected chi connectivity index (χ0v) is 17.1. The van der Waals surface area contributed by atoms with Gasteiger partial charge in [0.1, 0.15) is 30.5 Å². The summed E-state index contributed by atoms with van der Waals surface area (Å²) in [5.74, 6) is -0.298. The van der Waals surface area contributed by atoms with Crippen LogP contribution in [0.1, 0.15) is 31.3 Å². The third kappa shape index (κ3) is 4.19. The fraction of sp³-hybridized carbons (Fsp3) is 0.625. The number of hydrogen-bond acceptors (Lipinski definition) is 12. The Morgan fingerprint density at radius 1 is 1.23 bits per heavy atom. The van der Waals surface area contributed by atoms with Gasteiger partial charge >= 0.3 is 10.3 Å². The molecule has 2 aliphatic heterocycles. The average Bonchev–Trinajstić information content (AvgIpc) is 3.21. The summed E-state index contributed by atoms with van der Waals surface area (Å²) in [6, 6.07) is -1.05. The van der Waals surface area contributed by atoms with Gasteiger partial charge in [-0.2, -0.15) is 8.42 Å². The Morgan fingerprint density at radius 2 is 2.00 bits per heavy atom. The van der Waals surface area contributed by atoms with Crippen LogP contribution in [-0.2, 0) is 30.4 Å². The van der Waals surface area contributed by atoms with Crippen molar-refractivity contribution in [2.45, 2.75) is 56.3 Å². The molecule has 15 heteroatoms. The molecule has 0 spiro atoms. The van der Waals surface area contributed by atoms with Crippen LogP contribution >= 0.6 is 0 Å². The highest BCUT2D eigenvalue weighted by Crippen LogP contribution is 2.34. The molecule has 1 saturated heterocycles. The first-order valence-electron chi connectivity index (χ1n) is 9.63. The van der Waals surface area contributed by atoms with Gasteiger partial charge in [0.05, 0.1) is 12.6 Å². The summed E-state index contributed by atoms with van der Waals surface area (Å²) in [6.45, 7) is -0.647. The molecule has 0 aliphatic carbocycles. The molecule has 14 nitrogen and oxygen atoms in total. The van der Waals surface area contributed by atoms with Crippen molar-refractivity contribution >= 4 is 33.2 Å². The number of aryl methyl sites for hydroxylation is 1. The maximum atomic E-state index is 12.0. The van der Waals surface area contributed by atoms with Gasteiger partial charge in [-0.3, -0.25) is 13.5 Å². The quantitative estimate of drug-likeness (QED) is 0.276. The first kappa shape index (κ1) is 21.8. The molecule has 170 valence electrons. The highest BCUT2D eigenvalue weighted by atomic mass is 32.2. The summed E-state index contributed by atoms with van der Waals surface area (Å²) >= 11 is 0. The second kappa shape index (κ2) is 8.25. The van der Waals surface area contributed by atoms with Gasteiger partial charge in [0.25, 0.3) is 5.91 Å². The van der Waals surface area contributed by atoms with Crippen LogP contribution in [0.5, 0.6) is 0 Å². The molecule has 4 rings (SSSR count). The van der Waals surface area contributed by atoms with Crippen molar-refractivity contribution in [1.82, 2.24) is 24.2 Å². The number of imidazole rings is 1. The lowest BCUT2D eigenvalue weighted by atomic mass is 10.1. The van der Waals surface area contributed by atoms with Crippen LogP contribution in [-0.4, -0.2) is 75.0 Å². The van der Waals surface area contributed by atoms with Crippen LogP contribution in [0, 0.1) is 0 Å². The molecule has 2 bridgehead atoms. The lowest BCUT2D eigenvalue weighted by molar-refractivity contribution is -0.120. The number of aliphatic hydroxyl groups excluding tert-OH is 2. The number of aliphatic hydroxyl groups is 2. The number of nitrogens with zero attached hydrogens (tertiary/aromatic N) is 4. The molecule has 5 atom stereocenters. The molecule has 7 N–H and O–H groups in total. The summed E-state index contributed by atoms with van der Waals surface area (Å²) in [7, 11) is -4.49. The molecule has 0 aromatic carbocycles. The third-order valence-electron chi connectivity index (χ3n) is 5.29. The van der Waals surface area contributed by atoms with E-state index in [4.69, 9.17) is 20.4 Å². The highest BCUT2D eigenvalue weighted by Gasteiger charge is 2.46. The van der Waals surface area contributed by atoms with E-state index in [9.17, 15) is 23.4 Å². The minimum atomic E-state index is -4.49. The van der Waals surface area contributed by atoms with E-state index in [1.807, 2.05) is 0 Å². The number of anilines is 1. The largest absolute Gasteiger partial charge is 0.387 e. The molecule has 1 fully saturated rings. The average molecular weight is 457 g/mol. The zero-order valence-electron chi connectivity index (χ0n) is 16.3. The Bertz CT molecular complexity index is 1090. The molecule has 2 aromatic heterocycles. The molecule has 0 radical (unpaired) electrons. The Balaban J connectivity index is 1.74. The molecule has 4 heterocycles. The van der Waals surface area contributed by atoms with Crippen LogP contribution in [0.15, 0.2) is 6.33 Å². The number of nitrogens with two attached hydrogens (primary N) is 2. The molecule has 31 heavy (non-hydrogen) atoms. The predicted molar refractivity (Wildman–Crippen MR) is 104 cm³/mol. The molecule has 0 saturated carbocycles. The first-order chi connectivity index (χ1) is 14.7. The van der Waals surface area contributed by atoms with Gasteiger partial charge in [0.15, 0.2) is 23.2 Å². The molecule has 1 amide bonds. The van der Waals surface area contributed by atoms with E-state index in [0.29, 0.717) is 36.3 Å². The highest BCUT2D eigenvalue weighted by molar-refractivity contribution is 7.85. The van der Waals surface area contributed by atoms with Crippen molar-refractivity contribution in [1.29, 1.82) is 0 Å². The summed E-state index contributed by atoms with van der Waals surface area (Å²) in [5, 5.41) is 21.0. The van der Waals surface area contributed by atoms with Crippen molar-refractivity contribution in [3.63, 3.8) is 0 Å². The number of fused-ring (bicyclic) bond motifs is 6. The number of aromatic nitrogens is 4. The van der Waals surface area contributed by atoms with Crippen molar-refractivity contribution in [3.05, 3.63) is 12.2 Å². The summed E-state index contributed by atoms with van der Waals surface area (Å²) in [6.07, 6.45) is -2.36. The predicted octanol–water partition coefficient (Wildman–Crippen LogP) is -2.54. The lowest BCUT2D eigenvalue weighted by Gasteiger charge is -2.19. The van der Waals surface area contributed by atoms with Crippen LogP contribution in [0.3, 0.4) is 0 Å². The van der Waals surface area contributed by atoms with Crippen molar-refractivity contribution in [2.24, 2.45) is 5.73 Å². The number of amides is 1. The summed E-state index contributed by atoms with van der Waals surface area (Å²) in [5.41, 5.74) is 12.3. The van der Waals surface area contributed by atoms with E-state index < -0.39 is 53.4 Å². The van der Waals surface area contributed by atoms with Crippen LogP contribution in [0.4, 0.5) is 5.82 Å². The number of ether oxygens (including phenoxy) is 1. The lowest BCUT2D eigenvalue weighted by Crippen LogP contribution is -2.45. The number of hydrogen-bond donors (Lipinski definition) is 5. The number of nitrogens with one attached hydrogen (secondary N) is 1. The summed E-state index contributed by atoms with van der Waals surface area (Å²) in [4.78, 5) is 24.6. The number of carbonyl (C=O) groups is 1. The standard InChI is InChI=1S/C16H23N7O7S/c17-7-3-1-2-4-9-21-10-13(18)19-6-20-14(10)23(9)16-12(25)11(24)8(30-16)5-29-31(27,28)22-15(7)26/h6-8,11-12,16,24-25H,1-5,17H2,(H,22,26)(H2,18,19,20)/t7-,8+,11+,12+,16+/m0/s1. The van der Waals surface area contributed by atoms with Crippen LogP contribution in [0.25, 0.3) is 11.2 Å². The van der Waals surface area contributed by atoms with E-state index in [-0.39, 0.29) is 12.2 Å². The smallest absolute Gasteiger partial charge is 0.362 e. The van der Waals surface area contributed by atoms with E-state index >= 15 is 0 Å². The minimum Gasteiger partial charge on any atom is -0.387 e. The van der Waals surface area contributed by atoms with Gasteiger partial charge < -0.3 is 26.4 Å².